The Balaban J connectivity index is 2.02. The summed E-state index contributed by atoms with van der Waals surface area (Å²) in [5.74, 6) is -0.578. The van der Waals surface area contributed by atoms with Crippen LogP contribution >= 0.6 is 0 Å². The highest BCUT2D eigenvalue weighted by Crippen LogP contribution is 2.45. The van der Waals surface area contributed by atoms with Crippen LogP contribution in [0.1, 0.15) is 6.42 Å². The van der Waals surface area contributed by atoms with Gasteiger partial charge in [0.2, 0.25) is 0 Å². The third-order valence-electron chi connectivity index (χ3n) is 3.78. The number of fused-ring (bicyclic) bond motifs is 1. The molecule has 2 aromatic carbocycles. The molecule has 0 radical (unpaired) electrons. The van der Waals surface area contributed by atoms with Gasteiger partial charge in [0.05, 0.1) is 17.1 Å². The zero-order chi connectivity index (χ0) is 17.2. The summed E-state index contributed by atoms with van der Waals surface area (Å²) < 4.78 is 42.6. The molecular weight excluding hydrogens is 329 g/mol. The fraction of sp³-hybridized carbons (Fsp3) is 0.176. The number of hydrogen-bond donors (Lipinski definition) is 1. The van der Waals surface area contributed by atoms with Crippen LogP contribution in [0.2, 0.25) is 0 Å². The van der Waals surface area contributed by atoms with E-state index in [1.54, 1.807) is 36.5 Å². The number of nitrogens with one attached hydrogen (secondary N) is 1. The smallest absolute Gasteiger partial charge is 0.331 e. The number of halogens is 1. The molecular formula is C17H18FN3O2S. The molecule has 0 spiro atoms. The van der Waals surface area contributed by atoms with E-state index in [-0.39, 0.29) is 5.69 Å². The van der Waals surface area contributed by atoms with Crippen LogP contribution in [0.3, 0.4) is 0 Å². The van der Waals surface area contributed by atoms with Gasteiger partial charge in [-0.3, -0.25) is 4.31 Å². The van der Waals surface area contributed by atoms with Crippen molar-refractivity contribution in [2.45, 2.75) is 6.42 Å². The molecule has 1 N–H and O–H groups in total. The first-order valence-corrected chi connectivity index (χ1v) is 8.98. The lowest BCUT2D eigenvalue weighted by molar-refractivity contribution is 0.588. The van der Waals surface area contributed by atoms with Crippen molar-refractivity contribution in [2.24, 2.45) is 0 Å². The second-order valence-corrected chi connectivity index (χ2v) is 7.00. The minimum atomic E-state index is -3.88. The first-order chi connectivity index (χ1) is 11.6. The van der Waals surface area contributed by atoms with Gasteiger partial charge in [-0.25, -0.2) is 8.70 Å². The predicted molar refractivity (Wildman–Crippen MR) is 94.1 cm³/mol. The molecule has 1 aliphatic rings. The molecule has 126 valence electrons. The lowest BCUT2D eigenvalue weighted by atomic mass is 10.2. The van der Waals surface area contributed by atoms with Gasteiger partial charge in [-0.05, 0) is 36.9 Å². The van der Waals surface area contributed by atoms with E-state index in [2.05, 4.69) is 11.9 Å². The summed E-state index contributed by atoms with van der Waals surface area (Å²) in [5, 5.41) is 2.94. The first-order valence-electron chi connectivity index (χ1n) is 7.58. The molecule has 24 heavy (non-hydrogen) atoms. The first kappa shape index (κ1) is 16.3. The van der Waals surface area contributed by atoms with Crippen LogP contribution in [0.4, 0.5) is 21.5 Å². The van der Waals surface area contributed by atoms with E-state index < -0.39 is 16.0 Å². The van der Waals surface area contributed by atoms with Crippen LogP contribution < -0.4 is 13.9 Å². The van der Waals surface area contributed by atoms with E-state index in [1.165, 1.54) is 22.5 Å². The molecule has 1 heterocycles. The Morgan fingerprint density at radius 1 is 1.04 bits per heavy atom. The molecule has 1 aliphatic heterocycles. The molecule has 0 saturated heterocycles. The third kappa shape index (κ3) is 2.71. The molecule has 3 rings (SSSR count). The predicted octanol–water partition coefficient (Wildman–Crippen LogP) is 3.15. The quantitative estimate of drug-likeness (QED) is 0.817. The van der Waals surface area contributed by atoms with E-state index in [0.29, 0.717) is 30.9 Å². The van der Waals surface area contributed by atoms with Crippen molar-refractivity contribution in [3.8, 4) is 0 Å². The maximum atomic E-state index is 14.2. The number of para-hydroxylation sites is 3. The molecule has 0 aromatic heterocycles. The molecule has 0 amide bonds. The largest absolute Gasteiger partial charge is 0.391 e. The Bertz CT molecular complexity index is 854. The van der Waals surface area contributed by atoms with Crippen molar-refractivity contribution < 1.29 is 12.8 Å². The highest BCUT2D eigenvalue weighted by molar-refractivity contribution is 7.95. The van der Waals surface area contributed by atoms with E-state index >= 15 is 0 Å². The number of rotatable bonds is 6. The molecule has 0 atom stereocenters. The molecule has 0 fully saturated rings. The number of benzene rings is 2. The Kier molecular flexibility index (Phi) is 4.44. The maximum Gasteiger partial charge on any atom is 0.331 e. The van der Waals surface area contributed by atoms with Gasteiger partial charge < -0.3 is 5.32 Å². The van der Waals surface area contributed by atoms with Crippen LogP contribution in [-0.4, -0.2) is 21.5 Å². The van der Waals surface area contributed by atoms with Crippen molar-refractivity contribution in [3.63, 3.8) is 0 Å². The monoisotopic (exact) mass is 347 g/mol. The molecule has 0 saturated carbocycles. The number of hydrogen-bond acceptors (Lipinski definition) is 3. The lowest BCUT2D eigenvalue weighted by Gasteiger charge is -2.22. The van der Waals surface area contributed by atoms with Gasteiger partial charge >= 0.3 is 10.2 Å². The van der Waals surface area contributed by atoms with E-state index in [1.807, 2.05) is 0 Å². The van der Waals surface area contributed by atoms with Crippen LogP contribution in [-0.2, 0) is 10.2 Å². The van der Waals surface area contributed by atoms with E-state index in [9.17, 15) is 12.8 Å². The Hall–Kier alpha value is -2.54. The SMILES string of the molecule is C=CNCCCN1c2ccccc2N(c2ccccc2F)S1(=O)=O. The van der Waals surface area contributed by atoms with Gasteiger partial charge in [0.15, 0.2) is 0 Å². The van der Waals surface area contributed by atoms with Crippen molar-refractivity contribution in [3.05, 3.63) is 67.1 Å². The number of anilines is 3. The second kappa shape index (κ2) is 6.52. The molecule has 0 bridgehead atoms. The molecule has 0 unspecified atom stereocenters. The maximum absolute atomic E-state index is 14.2. The van der Waals surface area contributed by atoms with Crippen LogP contribution in [0, 0.1) is 5.82 Å². The van der Waals surface area contributed by atoms with E-state index in [4.69, 9.17) is 0 Å². The van der Waals surface area contributed by atoms with Crippen LogP contribution in [0.5, 0.6) is 0 Å². The van der Waals surface area contributed by atoms with Gasteiger partial charge in [0.1, 0.15) is 5.82 Å². The average molecular weight is 347 g/mol. The minimum Gasteiger partial charge on any atom is -0.391 e. The van der Waals surface area contributed by atoms with Gasteiger partial charge in [-0.15, -0.1) is 0 Å². The fourth-order valence-corrected chi connectivity index (χ4v) is 4.49. The number of nitrogens with zero attached hydrogens (tertiary/aromatic N) is 2. The minimum absolute atomic E-state index is 0.0247. The second-order valence-electron chi connectivity index (χ2n) is 5.30. The molecule has 5 nitrogen and oxygen atoms in total. The van der Waals surface area contributed by atoms with Crippen LogP contribution in [0.15, 0.2) is 61.3 Å². The van der Waals surface area contributed by atoms with Crippen molar-refractivity contribution >= 4 is 27.3 Å². The fourth-order valence-electron chi connectivity index (χ4n) is 2.73. The zero-order valence-electron chi connectivity index (χ0n) is 13.0. The van der Waals surface area contributed by atoms with Crippen molar-refractivity contribution in [1.29, 1.82) is 0 Å². The Morgan fingerprint density at radius 2 is 1.67 bits per heavy atom. The van der Waals surface area contributed by atoms with Crippen molar-refractivity contribution in [1.82, 2.24) is 5.32 Å². The summed E-state index contributed by atoms with van der Waals surface area (Å²) in [5.41, 5.74) is 1.04. The van der Waals surface area contributed by atoms with Crippen molar-refractivity contribution in [2.75, 3.05) is 21.7 Å². The van der Waals surface area contributed by atoms with Gasteiger partial charge in [0.25, 0.3) is 0 Å². The van der Waals surface area contributed by atoms with Gasteiger partial charge in [-0.1, -0.05) is 30.8 Å². The summed E-state index contributed by atoms with van der Waals surface area (Å²) in [6.45, 7) is 4.47. The third-order valence-corrected chi connectivity index (χ3v) is 5.57. The highest BCUT2D eigenvalue weighted by atomic mass is 32.2. The Labute approximate surface area is 141 Å². The molecule has 0 aliphatic carbocycles. The highest BCUT2D eigenvalue weighted by Gasteiger charge is 2.41. The zero-order valence-corrected chi connectivity index (χ0v) is 13.8. The Morgan fingerprint density at radius 3 is 2.33 bits per heavy atom. The van der Waals surface area contributed by atoms with Gasteiger partial charge in [0, 0.05) is 13.1 Å². The topological polar surface area (TPSA) is 52.6 Å². The lowest BCUT2D eigenvalue weighted by Crippen LogP contribution is -2.37. The summed E-state index contributed by atoms with van der Waals surface area (Å²) in [4.78, 5) is 0. The van der Waals surface area contributed by atoms with E-state index in [0.717, 1.165) is 4.31 Å². The molecule has 7 heteroatoms. The summed E-state index contributed by atoms with van der Waals surface area (Å²) >= 11 is 0. The summed E-state index contributed by atoms with van der Waals surface area (Å²) in [7, 11) is -3.88. The average Bonchev–Trinajstić information content (AvgIpc) is 2.79. The molecule has 2 aromatic rings. The van der Waals surface area contributed by atoms with Crippen LogP contribution in [0.25, 0.3) is 0 Å². The normalized spacial score (nSPS) is 15.2. The van der Waals surface area contributed by atoms with Gasteiger partial charge in [-0.2, -0.15) is 8.42 Å². The standard InChI is InChI=1S/C17H18FN3O2S/c1-2-19-12-7-13-20-16-10-5-6-11-17(16)21(24(20,22)23)15-9-4-3-8-14(15)18/h2-6,8-11,19H,1,7,12-13H2. The summed E-state index contributed by atoms with van der Waals surface area (Å²) in [6.07, 6.45) is 2.17. The summed E-state index contributed by atoms with van der Waals surface area (Å²) in [6, 6.07) is 12.8.